The zero-order chi connectivity index (χ0) is 14.0. The largest absolute Gasteiger partial charge is 0.322 e. The summed E-state index contributed by atoms with van der Waals surface area (Å²) >= 11 is 6.69. The van der Waals surface area contributed by atoms with E-state index in [1.54, 1.807) is 24.3 Å². The minimum atomic E-state index is -3.78. The number of halogens is 1. The van der Waals surface area contributed by atoms with Crippen molar-refractivity contribution in [3.05, 3.63) is 46.3 Å². The number of anilines is 1. The van der Waals surface area contributed by atoms with Gasteiger partial charge in [0.2, 0.25) is 10.0 Å². The molecule has 0 spiro atoms. The van der Waals surface area contributed by atoms with Crippen LogP contribution in [0.25, 0.3) is 0 Å². The van der Waals surface area contributed by atoms with E-state index in [2.05, 4.69) is 5.32 Å². The monoisotopic (exact) mass is 316 g/mol. The molecule has 0 unspecified atom stereocenters. The number of primary sulfonamides is 1. The third-order valence-corrected chi connectivity index (χ3v) is 4.82. The van der Waals surface area contributed by atoms with Gasteiger partial charge >= 0.3 is 0 Å². The maximum atomic E-state index is 11.9. The average molecular weight is 317 g/mol. The van der Waals surface area contributed by atoms with E-state index in [-0.39, 0.29) is 9.77 Å². The number of hydrogen-bond acceptors (Lipinski definition) is 4. The van der Waals surface area contributed by atoms with E-state index in [4.69, 9.17) is 16.7 Å². The zero-order valence-corrected chi connectivity index (χ0v) is 11.8. The van der Waals surface area contributed by atoms with Crippen molar-refractivity contribution in [2.75, 3.05) is 5.32 Å². The van der Waals surface area contributed by atoms with Gasteiger partial charge < -0.3 is 5.32 Å². The Bertz CT molecular complexity index is 725. The first-order valence-electron chi connectivity index (χ1n) is 5.04. The molecule has 1 aromatic heterocycles. The standard InChI is InChI=1S/C11H9ClN2O3S2/c12-8-2-1-3-9(5-8)14-11(15)7-4-10(18-6-7)19(13,16)17/h1-6H,(H,14,15)(H2,13,16,17). The van der Waals surface area contributed by atoms with Crippen LogP contribution in [-0.4, -0.2) is 14.3 Å². The highest BCUT2D eigenvalue weighted by atomic mass is 35.5. The fourth-order valence-corrected chi connectivity index (χ4v) is 3.13. The molecule has 100 valence electrons. The van der Waals surface area contributed by atoms with Gasteiger partial charge in [0.15, 0.2) is 0 Å². The van der Waals surface area contributed by atoms with Crippen LogP contribution in [0.2, 0.25) is 5.02 Å². The number of benzene rings is 1. The Hall–Kier alpha value is -1.41. The molecule has 0 atom stereocenters. The summed E-state index contributed by atoms with van der Waals surface area (Å²) in [5.74, 6) is -0.423. The minimum Gasteiger partial charge on any atom is -0.322 e. The fourth-order valence-electron chi connectivity index (χ4n) is 1.35. The number of rotatable bonds is 3. The van der Waals surface area contributed by atoms with Gasteiger partial charge in [-0.2, -0.15) is 0 Å². The Morgan fingerprint density at radius 3 is 2.63 bits per heavy atom. The second kappa shape index (κ2) is 5.30. The SMILES string of the molecule is NS(=O)(=O)c1cc(C(=O)Nc2cccc(Cl)c2)cs1. The van der Waals surface area contributed by atoms with Crippen molar-refractivity contribution >= 4 is 44.6 Å². The number of amides is 1. The molecule has 1 heterocycles. The lowest BCUT2D eigenvalue weighted by Crippen LogP contribution is -2.12. The number of nitrogens with two attached hydrogens (primary N) is 1. The molecule has 2 rings (SSSR count). The van der Waals surface area contributed by atoms with Crippen molar-refractivity contribution in [2.24, 2.45) is 5.14 Å². The van der Waals surface area contributed by atoms with Crippen LogP contribution in [0.5, 0.6) is 0 Å². The van der Waals surface area contributed by atoms with Crippen LogP contribution in [0.3, 0.4) is 0 Å². The highest BCUT2D eigenvalue weighted by Crippen LogP contribution is 2.21. The quantitative estimate of drug-likeness (QED) is 0.910. The van der Waals surface area contributed by atoms with Crippen molar-refractivity contribution in [3.8, 4) is 0 Å². The van der Waals surface area contributed by atoms with Gasteiger partial charge in [0.25, 0.3) is 5.91 Å². The Balaban J connectivity index is 2.19. The third-order valence-electron chi connectivity index (χ3n) is 2.20. The Morgan fingerprint density at radius 1 is 1.32 bits per heavy atom. The van der Waals surface area contributed by atoms with E-state index in [0.717, 1.165) is 11.3 Å². The Morgan fingerprint density at radius 2 is 2.05 bits per heavy atom. The van der Waals surface area contributed by atoms with Crippen molar-refractivity contribution in [2.45, 2.75) is 4.21 Å². The van der Waals surface area contributed by atoms with Crippen molar-refractivity contribution < 1.29 is 13.2 Å². The van der Waals surface area contributed by atoms with E-state index in [1.807, 2.05) is 0 Å². The summed E-state index contributed by atoms with van der Waals surface area (Å²) in [5, 5.41) is 9.51. The number of hydrogen-bond donors (Lipinski definition) is 2. The number of sulfonamides is 1. The Labute approximate surface area is 119 Å². The molecule has 0 saturated carbocycles. The number of carbonyl (C=O) groups is 1. The van der Waals surface area contributed by atoms with E-state index in [1.165, 1.54) is 11.4 Å². The zero-order valence-electron chi connectivity index (χ0n) is 9.46. The van der Waals surface area contributed by atoms with Gasteiger partial charge in [0, 0.05) is 16.1 Å². The predicted octanol–water partition coefficient (Wildman–Crippen LogP) is 2.30. The lowest BCUT2D eigenvalue weighted by Gasteiger charge is -2.03. The molecule has 1 aromatic carbocycles. The van der Waals surface area contributed by atoms with Crippen molar-refractivity contribution in [3.63, 3.8) is 0 Å². The Kier molecular flexibility index (Phi) is 3.91. The van der Waals surface area contributed by atoms with Crippen LogP contribution in [0.1, 0.15) is 10.4 Å². The molecule has 8 heteroatoms. The highest BCUT2D eigenvalue weighted by molar-refractivity contribution is 7.91. The van der Waals surface area contributed by atoms with Crippen LogP contribution in [-0.2, 0) is 10.0 Å². The second-order valence-electron chi connectivity index (χ2n) is 3.66. The van der Waals surface area contributed by atoms with Crippen molar-refractivity contribution in [1.82, 2.24) is 0 Å². The van der Waals surface area contributed by atoms with E-state index in [0.29, 0.717) is 10.7 Å². The van der Waals surface area contributed by atoms with Crippen LogP contribution in [0, 0.1) is 0 Å². The van der Waals surface area contributed by atoms with Gasteiger partial charge in [-0.3, -0.25) is 4.79 Å². The molecule has 19 heavy (non-hydrogen) atoms. The molecular formula is C11H9ClN2O3S2. The third kappa shape index (κ3) is 3.54. The highest BCUT2D eigenvalue weighted by Gasteiger charge is 2.15. The van der Waals surface area contributed by atoms with E-state index in [9.17, 15) is 13.2 Å². The normalized spacial score (nSPS) is 11.3. The van der Waals surface area contributed by atoms with Crippen LogP contribution < -0.4 is 10.5 Å². The summed E-state index contributed by atoms with van der Waals surface area (Å²) in [4.78, 5) is 11.9. The van der Waals surface area contributed by atoms with Gasteiger partial charge in [-0.15, -0.1) is 11.3 Å². The molecule has 2 aromatic rings. The first-order valence-corrected chi connectivity index (χ1v) is 7.85. The lowest BCUT2D eigenvalue weighted by atomic mass is 10.3. The number of thiophene rings is 1. The fraction of sp³-hybridized carbons (Fsp3) is 0. The average Bonchev–Trinajstić information content (AvgIpc) is 2.77. The second-order valence-corrected chi connectivity index (χ2v) is 6.80. The molecule has 5 nitrogen and oxygen atoms in total. The molecule has 0 aliphatic heterocycles. The summed E-state index contributed by atoms with van der Waals surface area (Å²) in [5.41, 5.74) is 0.759. The summed E-state index contributed by atoms with van der Waals surface area (Å²) in [6, 6.07) is 7.88. The van der Waals surface area contributed by atoms with Gasteiger partial charge in [0.05, 0.1) is 5.56 Å². The smallest absolute Gasteiger partial charge is 0.256 e. The first kappa shape index (κ1) is 14.0. The molecule has 0 saturated heterocycles. The van der Waals surface area contributed by atoms with Crippen molar-refractivity contribution in [1.29, 1.82) is 0 Å². The molecule has 0 aliphatic carbocycles. The maximum Gasteiger partial charge on any atom is 0.256 e. The van der Waals surface area contributed by atoms with Crippen LogP contribution in [0.15, 0.2) is 39.9 Å². The summed E-state index contributed by atoms with van der Waals surface area (Å²) < 4.78 is 22.2. The summed E-state index contributed by atoms with van der Waals surface area (Å²) in [6.07, 6.45) is 0. The molecule has 3 N–H and O–H groups in total. The van der Waals surface area contributed by atoms with Gasteiger partial charge in [0.1, 0.15) is 4.21 Å². The predicted molar refractivity (Wildman–Crippen MR) is 75.1 cm³/mol. The van der Waals surface area contributed by atoms with E-state index < -0.39 is 15.9 Å². The molecule has 0 bridgehead atoms. The molecular weight excluding hydrogens is 308 g/mol. The molecule has 1 amide bonds. The summed E-state index contributed by atoms with van der Waals surface area (Å²) in [6.45, 7) is 0. The van der Waals surface area contributed by atoms with Crippen LogP contribution >= 0.6 is 22.9 Å². The first-order chi connectivity index (χ1) is 8.86. The number of carbonyl (C=O) groups excluding carboxylic acids is 1. The van der Waals surface area contributed by atoms with E-state index >= 15 is 0 Å². The minimum absolute atomic E-state index is 0.0521. The van der Waals surface area contributed by atoms with Gasteiger partial charge in [-0.05, 0) is 24.3 Å². The maximum absolute atomic E-state index is 11.9. The lowest BCUT2D eigenvalue weighted by molar-refractivity contribution is 0.102. The van der Waals surface area contributed by atoms with Gasteiger partial charge in [-0.25, -0.2) is 13.6 Å². The van der Waals surface area contributed by atoms with Crippen LogP contribution in [0.4, 0.5) is 5.69 Å². The summed E-state index contributed by atoms with van der Waals surface area (Å²) in [7, 11) is -3.78. The topological polar surface area (TPSA) is 89.3 Å². The molecule has 0 radical (unpaired) electrons. The molecule has 0 fully saturated rings. The molecule has 0 aliphatic rings. The number of nitrogens with one attached hydrogen (secondary N) is 1. The van der Waals surface area contributed by atoms with Gasteiger partial charge in [-0.1, -0.05) is 17.7 Å².